The van der Waals surface area contributed by atoms with Crippen molar-refractivity contribution in [3.8, 4) is 0 Å². The van der Waals surface area contributed by atoms with Gasteiger partial charge < -0.3 is 14.8 Å². The first-order chi connectivity index (χ1) is 18.7. The fourth-order valence-corrected chi connectivity index (χ4v) is 4.65. The van der Waals surface area contributed by atoms with E-state index in [2.05, 4.69) is 15.5 Å². The van der Waals surface area contributed by atoms with Crippen LogP contribution >= 0.6 is 0 Å². The lowest BCUT2D eigenvalue weighted by Crippen LogP contribution is -2.57. The zero-order valence-electron chi connectivity index (χ0n) is 23.8. The molecule has 0 unspecified atom stereocenters. The SMILES string of the molecule is CC(C)C[C@H](NS(=O)(=O)N(Cc1ccccc1)NC(=O)[C@H](C)NC(=O)OC(C)(C)C)C(=O)OCc1ccccc1. The third-order valence-electron chi connectivity index (χ3n) is 5.33. The van der Waals surface area contributed by atoms with E-state index in [1.807, 2.05) is 19.9 Å². The number of benzene rings is 2. The maximum Gasteiger partial charge on any atom is 0.408 e. The Morgan fingerprint density at radius 1 is 0.900 bits per heavy atom. The van der Waals surface area contributed by atoms with Crippen LogP contribution < -0.4 is 15.5 Å². The molecular weight excluding hydrogens is 536 g/mol. The predicted octanol–water partition coefficient (Wildman–Crippen LogP) is 3.43. The molecule has 0 saturated carbocycles. The molecule has 11 nitrogen and oxygen atoms in total. The van der Waals surface area contributed by atoms with Crippen molar-refractivity contribution >= 4 is 28.2 Å². The number of hydrazine groups is 1. The van der Waals surface area contributed by atoms with E-state index in [9.17, 15) is 22.8 Å². The maximum absolute atomic E-state index is 13.6. The van der Waals surface area contributed by atoms with Gasteiger partial charge in [0.15, 0.2) is 0 Å². The second kappa shape index (κ2) is 14.8. The first-order valence-electron chi connectivity index (χ1n) is 13.0. The van der Waals surface area contributed by atoms with Crippen molar-refractivity contribution in [3.63, 3.8) is 0 Å². The number of ether oxygens (including phenoxy) is 2. The highest BCUT2D eigenvalue weighted by atomic mass is 32.2. The van der Waals surface area contributed by atoms with Crippen LogP contribution in [0.1, 0.15) is 59.1 Å². The molecule has 0 aromatic heterocycles. The number of nitrogens with zero attached hydrogens (tertiary/aromatic N) is 1. The number of hydrogen-bond donors (Lipinski definition) is 3. The van der Waals surface area contributed by atoms with Crippen LogP contribution in [0, 0.1) is 5.92 Å². The minimum Gasteiger partial charge on any atom is -0.460 e. The Morgan fingerprint density at radius 2 is 1.45 bits per heavy atom. The number of hydrogen-bond acceptors (Lipinski definition) is 7. The van der Waals surface area contributed by atoms with Crippen LogP contribution in [0.2, 0.25) is 0 Å². The van der Waals surface area contributed by atoms with Crippen molar-refractivity contribution in [1.29, 1.82) is 0 Å². The molecule has 2 rings (SSSR count). The average molecular weight is 577 g/mol. The van der Waals surface area contributed by atoms with Gasteiger partial charge in [0.2, 0.25) is 0 Å². The van der Waals surface area contributed by atoms with Crippen LogP contribution in [0.15, 0.2) is 60.7 Å². The van der Waals surface area contributed by atoms with Gasteiger partial charge in [-0.15, -0.1) is 0 Å². The normalized spacial score (nSPS) is 13.4. The lowest BCUT2D eigenvalue weighted by atomic mass is 10.1. The summed E-state index contributed by atoms with van der Waals surface area (Å²) in [6.07, 6.45) is -0.666. The molecule has 3 N–H and O–H groups in total. The van der Waals surface area contributed by atoms with Gasteiger partial charge in [-0.3, -0.25) is 15.0 Å². The summed E-state index contributed by atoms with van der Waals surface area (Å²) in [6.45, 7) is 9.85. The molecule has 0 bridgehead atoms. The molecule has 0 aliphatic rings. The third-order valence-corrected chi connectivity index (χ3v) is 6.71. The Kier molecular flexibility index (Phi) is 12.1. The molecule has 0 fully saturated rings. The minimum absolute atomic E-state index is 0.0195. The molecule has 0 spiro atoms. The van der Waals surface area contributed by atoms with Gasteiger partial charge in [0.05, 0.1) is 6.54 Å². The number of esters is 1. The molecule has 2 aromatic carbocycles. The zero-order valence-corrected chi connectivity index (χ0v) is 24.7. The topological polar surface area (TPSA) is 143 Å². The standard InChI is InChI=1S/C28H40N4O7S/c1-20(2)17-24(26(34)38-19-23-15-11-8-12-16-23)31-40(36,37)32(18-22-13-9-7-10-14-22)30-25(33)21(3)29-27(35)39-28(4,5)6/h7-16,20-21,24,31H,17-19H2,1-6H3,(H,29,35)(H,30,33)/t21-,24-/m0/s1. The van der Waals surface area contributed by atoms with Gasteiger partial charge in [-0.2, -0.15) is 13.1 Å². The van der Waals surface area contributed by atoms with Gasteiger partial charge in [-0.25, -0.2) is 4.79 Å². The van der Waals surface area contributed by atoms with E-state index in [4.69, 9.17) is 9.47 Å². The molecular formula is C28H40N4O7S. The van der Waals surface area contributed by atoms with Crippen LogP contribution in [0.5, 0.6) is 0 Å². The Balaban J connectivity index is 2.22. The molecule has 220 valence electrons. The van der Waals surface area contributed by atoms with Gasteiger partial charge in [0.25, 0.3) is 16.1 Å². The van der Waals surface area contributed by atoms with Crippen molar-refractivity contribution in [3.05, 3.63) is 71.8 Å². The van der Waals surface area contributed by atoms with Crippen LogP contribution in [0.3, 0.4) is 0 Å². The van der Waals surface area contributed by atoms with Crippen LogP contribution in [-0.4, -0.2) is 48.5 Å². The number of amides is 2. The highest BCUT2D eigenvalue weighted by Crippen LogP contribution is 2.13. The summed E-state index contributed by atoms with van der Waals surface area (Å²) in [5.74, 6) is -1.60. The van der Waals surface area contributed by atoms with E-state index in [1.54, 1.807) is 75.4 Å². The van der Waals surface area contributed by atoms with Crippen molar-refractivity contribution < 1.29 is 32.3 Å². The van der Waals surface area contributed by atoms with E-state index >= 15 is 0 Å². The van der Waals surface area contributed by atoms with Gasteiger partial charge in [-0.1, -0.05) is 78.9 Å². The zero-order chi connectivity index (χ0) is 29.9. The monoisotopic (exact) mass is 576 g/mol. The molecule has 40 heavy (non-hydrogen) atoms. The third kappa shape index (κ3) is 11.7. The quantitative estimate of drug-likeness (QED) is 0.245. The van der Waals surface area contributed by atoms with Crippen LogP contribution in [0.25, 0.3) is 0 Å². The van der Waals surface area contributed by atoms with Crippen molar-refractivity contribution in [2.75, 3.05) is 0 Å². The predicted molar refractivity (Wildman–Crippen MR) is 150 cm³/mol. The first-order valence-corrected chi connectivity index (χ1v) is 14.4. The smallest absolute Gasteiger partial charge is 0.408 e. The molecule has 2 aromatic rings. The second-order valence-corrected chi connectivity index (χ2v) is 12.4. The van der Waals surface area contributed by atoms with Gasteiger partial charge >= 0.3 is 12.1 Å². The number of carbonyl (C=O) groups is 3. The van der Waals surface area contributed by atoms with E-state index in [0.29, 0.717) is 9.98 Å². The summed E-state index contributed by atoms with van der Waals surface area (Å²) in [5, 5.41) is 2.39. The Bertz CT molecular complexity index is 1220. The van der Waals surface area contributed by atoms with Crippen LogP contribution in [-0.2, 0) is 42.4 Å². The Labute approximate surface area is 236 Å². The lowest BCUT2D eigenvalue weighted by molar-refractivity contribution is -0.147. The fourth-order valence-electron chi connectivity index (χ4n) is 3.44. The largest absolute Gasteiger partial charge is 0.460 e. The average Bonchev–Trinajstić information content (AvgIpc) is 2.86. The highest BCUT2D eigenvalue weighted by molar-refractivity contribution is 7.87. The number of carbonyl (C=O) groups excluding carboxylic acids is 3. The molecule has 0 heterocycles. The Hall–Kier alpha value is -3.48. The molecule has 2 atom stereocenters. The molecule has 12 heteroatoms. The molecule has 0 aliphatic heterocycles. The minimum atomic E-state index is -4.47. The van der Waals surface area contributed by atoms with E-state index in [1.165, 1.54) is 6.92 Å². The first kappa shape index (κ1) is 32.7. The van der Waals surface area contributed by atoms with E-state index < -0.39 is 45.9 Å². The highest BCUT2D eigenvalue weighted by Gasteiger charge is 2.33. The fraction of sp³-hybridized carbons (Fsp3) is 0.464. The number of alkyl carbamates (subject to hydrolysis) is 1. The lowest BCUT2D eigenvalue weighted by Gasteiger charge is -2.28. The van der Waals surface area contributed by atoms with E-state index in [-0.39, 0.29) is 25.5 Å². The summed E-state index contributed by atoms with van der Waals surface area (Å²) in [7, 11) is -4.47. The Morgan fingerprint density at radius 3 is 1.98 bits per heavy atom. The second-order valence-electron chi connectivity index (χ2n) is 10.7. The number of nitrogens with one attached hydrogen (secondary N) is 3. The summed E-state index contributed by atoms with van der Waals surface area (Å²) in [6, 6.07) is 15.3. The van der Waals surface area contributed by atoms with Gasteiger partial charge in [0.1, 0.15) is 24.3 Å². The summed E-state index contributed by atoms with van der Waals surface area (Å²) < 4.78 is 40.8. The van der Waals surface area contributed by atoms with Gasteiger partial charge in [0, 0.05) is 0 Å². The number of rotatable bonds is 13. The maximum atomic E-state index is 13.6. The summed E-state index contributed by atoms with van der Waals surface area (Å²) in [5.41, 5.74) is 2.90. The van der Waals surface area contributed by atoms with Crippen molar-refractivity contribution in [2.45, 2.75) is 78.8 Å². The van der Waals surface area contributed by atoms with E-state index in [0.717, 1.165) is 5.56 Å². The van der Waals surface area contributed by atoms with Gasteiger partial charge in [-0.05, 0) is 51.2 Å². The molecule has 2 amide bonds. The molecule has 0 radical (unpaired) electrons. The van der Waals surface area contributed by atoms with Crippen molar-refractivity contribution in [1.82, 2.24) is 19.9 Å². The summed E-state index contributed by atoms with van der Waals surface area (Å²) >= 11 is 0. The molecule has 0 saturated heterocycles. The van der Waals surface area contributed by atoms with Crippen molar-refractivity contribution in [2.24, 2.45) is 5.92 Å². The van der Waals surface area contributed by atoms with Crippen LogP contribution in [0.4, 0.5) is 4.79 Å². The molecule has 0 aliphatic carbocycles. The summed E-state index contributed by atoms with van der Waals surface area (Å²) in [4.78, 5) is 38.0.